The molecule has 0 atom stereocenters. The molecule has 1 heterocycles. The summed E-state index contributed by atoms with van der Waals surface area (Å²) in [6, 6.07) is 0. The van der Waals surface area contributed by atoms with Crippen molar-refractivity contribution in [3.8, 4) is 0 Å². The Morgan fingerprint density at radius 1 is 1.30 bits per heavy atom. The van der Waals surface area contributed by atoms with Crippen LogP contribution in [0.1, 0.15) is 0 Å². The third-order valence-corrected chi connectivity index (χ3v) is 1.23. The van der Waals surface area contributed by atoms with Crippen LogP contribution in [0.15, 0.2) is 5.16 Å². The first-order valence-electron chi connectivity index (χ1n) is 2.06. The van der Waals surface area contributed by atoms with Gasteiger partial charge < -0.3 is 22.6 Å². The molecule has 0 saturated carbocycles. The fourth-order valence-corrected chi connectivity index (χ4v) is 1.14. The summed E-state index contributed by atoms with van der Waals surface area (Å²) in [4.78, 5) is 8.90. The topological polar surface area (TPSA) is 44.5 Å². The van der Waals surface area contributed by atoms with Gasteiger partial charge in [0.2, 0.25) is 0 Å². The smallest absolute Gasteiger partial charge is 0.742 e. The number of H-pyrrole nitrogens is 2. The largest absolute Gasteiger partial charge is 1.00 e. The number of nitrogens with zero attached hydrogens (tertiary/aromatic N) is 1. The second-order valence-electron chi connectivity index (χ2n) is 1.30. The molecule has 0 unspecified atom stereocenters. The summed E-state index contributed by atoms with van der Waals surface area (Å²) in [6.45, 7) is 0. The van der Waals surface area contributed by atoms with E-state index in [4.69, 9.17) is 12.2 Å². The first-order valence-corrected chi connectivity index (χ1v) is 3.28. The van der Waals surface area contributed by atoms with Crippen LogP contribution in [0.5, 0.6) is 0 Å². The molecule has 3 nitrogen and oxygen atoms in total. The van der Waals surface area contributed by atoms with Crippen LogP contribution in [0.3, 0.4) is 0 Å². The zero-order valence-electron chi connectivity index (χ0n) is 5.17. The fraction of sp³-hybridized carbons (Fsp3) is 0. The van der Waals surface area contributed by atoms with Crippen molar-refractivity contribution in [2.45, 2.75) is 5.16 Å². The summed E-state index contributed by atoms with van der Waals surface area (Å²) in [5.41, 5.74) is 0. The van der Waals surface area contributed by atoms with Crippen molar-refractivity contribution in [1.29, 1.82) is 0 Å². The van der Waals surface area contributed by atoms with Gasteiger partial charge in [-0.15, -0.1) is 0 Å². The zero-order chi connectivity index (χ0) is 6.85. The maximum Gasteiger partial charge on any atom is 1.00 e. The van der Waals surface area contributed by atoms with E-state index in [0.717, 1.165) is 0 Å². The van der Waals surface area contributed by atoms with E-state index >= 15 is 0 Å². The number of hydrogen-bond acceptors (Lipinski definition) is 4. The summed E-state index contributed by atoms with van der Waals surface area (Å²) in [7, 11) is 0. The van der Waals surface area contributed by atoms with Gasteiger partial charge in [-0.1, -0.05) is 0 Å². The van der Waals surface area contributed by atoms with E-state index in [0.29, 0.717) is 14.7 Å². The van der Waals surface area contributed by atoms with E-state index in [9.17, 15) is 0 Å². The third kappa shape index (κ3) is 3.18. The predicted molar refractivity (Wildman–Crippen MR) is 40.2 cm³/mol. The molecule has 0 fully saturated rings. The number of aromatic amines is 2. The van der Waals surface area contributed by atoms with E-state index in [2.05, 4.69) is 39.8 Å². The summed E-state index contributed by atoms with van der Waals surface area (Å²) in [5.74, 6) is 0. The second-order valence-corrected chi connectivity index (χ2v) is 2.48. The first-order chi connectivity index (χ1) is 4.18. The van der Waals surface area contributed by atoms with Gasteiger partial charge in [-0.25, -0.2) is 4.98 Å². The van der Waals surface area contributed by atoms with E-state index in [-0.39, 0.29) is 29.6 Å². The Kier molecular flexibility index (Phi) is 4.83. The molecule has 0 amide bonds. The summed E-state index contributed by atoms with van der Waals surface area (Å²) >= 11 is 14.0. The molecule has 7 heteroatoms. The van der Waals surface area contributed by atoms with Crippen LogP contribution < -0.4 is 29.6 Å². The van der Waals surface area contributed by atoms with Crippen molar-refractivity contribution in [3.05, 3.63) is 9.54 Å². The maximum absolute atomic E-state index is 4.70. The molecule has 0 aliphatic rings. The average Bonchev–Trinajstić information content (AvgIpc) is 1.59. The Balaban J connectivity index is 0.000000810. The van der Waals surface area contributed by atoms with E-state index in [1.807, 2.05) is 0 Å². The maximum atomic E-state index is 4.70. The predicted octanol–water partition coefficient (Wildman–Crippen LogP) is -1.89. The molecule has 1 rings (SSSR count). The molecule has 0 aliphatic heterocycles. The van der Waals surface area contributed by atoms with E-state index in [1.54, 1.807) is 0 Å². The molecule has 0 aliphatic carbocycles. The summed E-state index contributed by atoms with van der Waals surface area (Å²) in [6.07, 6.45) is 0. The van der Waals surface area contributed by atoms with Crippen LogP contribution in [-0.4, -0.2) is 15.0 Å². The van der Waals surface area contributed by atoms with Crippen LogP contribution >= 0.6 is 24.4 Å². The van der Waals surface area contributed by atoms with Crippen LogP contribution in [0.4, 0.5) is 0 Å². The van der Waals surface area contributed by atoms with Gasteiger partial charge >= 0.3 is 29.6 Å². The van der Waals surface area contributed by atoms with Crippen molar-refractivity contribution in [3.63, 3.8) is 0 Å². The molecular weight excluding hydrogens is 197 g/mol. The van der Waals surface area contributed by atoms with Gasteiger partial charge in [-0.05, 0) is 29.6 Å². The molecule has 0 bridgehead atoms. The molecule has 1 aromatic heterocycles. The van der Waals surface area contributed by atoms with E-state index < -0.39 is 0 Å². The molecule has 0 saturated heterocycles. The first kappa shape index (κ1) is 10.7. The average molecular weight is 199 g/mol. The Morgan fingerprint density at radius 2 is 1.90 bits per heavy atom. The zero-order valence-corrected chi connectivity index (χ0v) is 9.62. The second kappa shape index (κ2) is 4.53. The van der Waals surface area contributed by atoms with Crippen molar-refractivity contribution in [1.82, 2.24) is 15.0 Å². The summed E-state index contributed by atoms with van der Waals surface area (Å²) in [5, 5.41) is 0.323. The Morgan fingerprint density at radius 3 is 2.30 bits per heavy atom. The SMILES string of the molecule is S=c1nc([S-])[nH]c(=S)[nH]1.[Na+]. The van der Waals surface area contributed by atoms with Crippen molar-refractivity contribution in [2.24, 2.45) is 0 Å². The van der Waals surface area contributed by atoms with E-state index in [1.165, 1.54) is 0 Å². The van der Waals surface area contributed by atoms with Gasteiger partial charge in [-0.3, -0.25) is 0 Å². The molecule has 1 aromatic rings. The molecule has 10 heavy (non-hydrogen) atoms. The van der Waals surface area contributed by atoms with Gasteiger partial charge in [0.1, 0.15) is 0 Å². The van der Waals surface area contributed by atoms with Crippen LogP contribution in [0.25, 0.3) is 0 Å². The third-order valence-electron chi connectivity index (χ3n) is 0.644. The summed E-state index contributed by atoms with van der Waals surface area (Å²) < 4.78 is 0.740. The van der Waals surface area contributed by atoms with Gasteiger partial charge in [0.05, 0.1) is 0 Å². The molecule has 0 radical (unpaired) electrons. The van der Waals surface area contributed by atoms with Crippen molar-refractivity contribution in [2.75, 3.05) is 0 Å². The number of aromatic nitrogens is 3. The van der Waals surface area contributed by atoms with Crippen LogP contribution in [0.2, 0.25) is 0 Å². The molecule has 0 aromatic carbocycles. The number of nitrogens with one attached hydrogen (secondary N) is 2. The van der Waals surface area contributed by atoms with Crippen LogP contribution in [-0.2, 0) is 12.6 Å². The quantitative estimate of drug-likeness (QED) is 0.291. The minimum atomic E-state index is 0. The molecular formula is C3H2N3NaS3. The van der Waals surface area contributed by atoms with Crippen LogP contribution in [0, 0.1) is 9.54 Å². The molecule has 48 valence electrons. The number of rotatable bonds is 0. The van der Waals surface area contributed by atoms with Gasteiger partial charge in [0.15, 0.2) is 9.54 Å². The normalized spacial score (nSPS) is 8.40. The minimum Gasteiger partial charge on any atom is -0.742 e. The van der Waals surface area contributed by atoms with Crippen molar-refractivity contribution < 1.29 is 29.6 Å². The Hall–Kier alpha value is 0.670. The van der Waals surface area contributed by atoms with Crippen molar-refractivity contribution >= 4 is 37.1 Å². The Bertz CT molecular complexity index is 287. The molecule has 0 spiro atoms. The van der Waals surface area contributed by atoms with Gasteiger partial charge in [0, 0.05) is 0 Å². The number of hydrogen-bond donors (Lipinski definition) is 2. The standard InChI is InChI=1S/C3H3N3S3.Na/c7-1-4-2(8)6-3(9)5-1;/h(H3,4,5,6,7,8,9);/q;+1/p-1. The molecule has 2 N–H and O–H groups in total. The minimum absolute atomic E-state index is 0. The van der Waals surface area contributed by atoms with Gasteiger partial charge in [-0.2, -0.15) is 0 Å². The Labute approximate surface area is 95.4 Å². The fourth-order valence-electron chi connectivity index (χ4n) is 0.374. The van der Waals surface area contributed by atoms with Gasteiger partial charge in [0.25, 0.3) is 0 Å². The monoisotopic (exact) mass is 199 g/mol.